The minimum atomic E-state index is 0.736. The molecule has 0 aliphatic carbocycles. The number of ether oxygens (including phenoxy) is 1. The predicted molar refractivity (Wildman–Crippen MR) is 59.8 cm³/mol. The van der Waals surface area contributed by atoms with Gasteiger partial charge in [0.05, 0.1) is 6.61 Å². The summed E-state index contributed by atoms with van der Waals surface area (Å²) >= 11 is 6.00. The first-order valence-corrected chi connectivity index (χ1v) is 5.06. The topological polar surface area (TPSA) is 21.3 Å². The minimum absolute atomic E-state index is 0.736. The van der Waals surface area contributed by atoms with Gasteiger partial charge >= 0.3 is 0 Å². The highest BCUT2D eigenvalue weighted by atomic mass is 35.5. The van der Waals surface area contributed by atoms with Gasteiger partial charge in [0.25, 0.3) is 0 Å². The summed E-state index contributed by atoms with van der Waals surface area (Å²) < 4.78 is 4.93. The highest BCUT2D eigenvalue weighted by Crippen LogP contribution is 2.16. The first-order valence-electron chi connectivity index (χ1n) is 4.68. The van der Waals surface area contributed by atoms with Crippen LogP contribution in [0, 0.1) is 6.92 Å². The number of hydrogen-bond donors (Lipinski definition) is 1. The Balaban J connectivity index is 2.39. The second-order valence-corrected chi connectivity index (χ2v) is 3.66. The molecule has 0 amide bonds. The molecule has 3 heteroatoms. The Morgan fingerprint density at radius 1 is 1.43 bits per heavy atom. The quantitative estimate of drug-likeness (QED) is 0.759. The lowest BCUT2D eigenvalue weighted by Crippen LogP contribution is -2.18. The SMILES string of the molecule is COCCNCc1ccc(C)c(Cl)c1. The fourth-order valence-electron chi connectivity index (χ4n) is 1.15. The van der Waals surface area contributed by atoms with Gasteiger partial charge in [-0.1, -0.05) is 23.7 Å². The number of aryl methyl sites for hydroxylation is 1. The van der Waals surface area contributed by atoms with Crippen molar-refractivity contribution in [3.8, 4) is 0 Å². The summed E-state index contributed by atoms with van der Waals surface area (Å²) in [4.78, 5) is 0. The molecule has 0 bridgehead atoms. The van der Waals surface area contributed by atoms with Crippen molar-refractivity contribution in [1.29, 1.82) is 0 Å². The maximum Gasteiger partial charge on any atom is 0.0587 e. The van der Waals surface area contributed by atoms with Crippen molar-refractivity contribution in [2.24, 2.45) is 0 Å². The number of methoxy groups -OCH3 is 1. The van der Waals surface area contributed by atoms with E-state index in [1.54, 1.807) is 7.11 Å². The molecule has 1 rings (SSSR count). The molecule has 14 heavy (non-hydrogen) atoms. The summed E-state index contributed by atoms with van der Waals surface area (Å²) in [5, 5.41) is 4.10. The number of halogens is 1. The van der Waals surface area contributed by atoms with Crippen molar-refractivity contribution in [2.75, 3.05) is 20.3 Å². The van der Waals surface area contributed by atoms with Crippen molar-refractivity contribution < 1.29 is 4.74 Å². The molecule has 0 fully saturated rings. The average molecular weight is 214 g/mol. The zero-order chi connectivity index (χ0) is 10.4. The third-order valence-corrected chi connectivity index (χ3v) is 2.46. The van der Waals surface area contributed by atoms with Gasteiger partial charge in [-0.2, -0.15) is 0 Å². The van der Waals surface area contributed by atoms with Gasteiger partial charge in [0.2, 0.25) is 0 Å². The van der Waals surface area contributed by atoms with Crippen LogP contribution in [0.4, 0.5) is 0 Å². The lowest BCUT2D eigenvalue weighted by atomic mass is 10.1. The van der Waals surface area contributed by atoms with Crippen molar-refractivity contribution in [1.82, 2.24) is 5.32 Å². The van der Waals surface area contributed by atoms with E-state index in [2.05, 4.69) is 11.4 Å². The van der Waals surface area contributed by atoms with E-state index in [1.807, 2.05) is 19.1 Å². The Labute approximate surface area is 90.2 Å². The molecule has 0 aliphatic rings. The van der Waals surface area contributed by atoms with E-state index in [0.717, 1.165) is 30.3 Å². The standard InChI is InChI=1S/C11H16ClNO/c1-9-3-4-10(7-11(9)12)8-13-5-6-14-2/h3-4,7,13H,5-6,8H2,1-2H3. The van der Waals surface area contributed by atoms with Crippen LogP contribution in [0.2, 0.25) is 5.02 Å². The summed E-state index contributed by atoms with van der Waals surface area (Å²) in [6.45, 7) is 4.44. The van der Waals surface area contributed by atoms with E-state index in [4.69, 9.17) is 16.3 Å². The molecule has 0 atom stereocenters. The Kier molecular flexibility index (Phi) is 4.94. The Morgan fingerprint density at radius 3 is 2.86 bits per heavy atom. The Hall–Kier alpha value is -0.570. The molecule has 1 N–H and O–H groups in total. The maximum atomic E-state index is 6.00. The molecule has 0 unspecified atom stereocenters. The predicted octanol–water partition coefficient (Wildman–Crippen LogP) is 2.38. The second-order valence-electron chi connectivity index (χ2n) is 3.25. The largest absolute Gasteiger partial charge is 0.383 e. The maximum absolute atomic E-state index is 6.00. The van der Waals surface area contributed by atoms with Crippen LogP contribution < -0.4 is 5.32 Å². The Morgan fingerprint density at radius 2 is 2.21 bits per heavy atom. The highest BCUT2D eigenvalue weighted by molar-refractivity contribution is 6.31. The van der Waals surface area contributed by atoms with Gasteiger partial charge < -0.3 is 10.1 Å². The third-order valence-electron chi connectivity index (χ3n) is 2.05. The van der Waals surface area contributed by atoms with E-state index < -0.39 is 0 Å². The lowest BCUT2D eigenvalue weighted by Gasteiger charge is -2.05. The normalized spacial score (nSPS) is 10.5. The molecule has 78 valence electrons. The van der Waals surface area contributed by atoms with E-state index in [-0.39, 0.29) is 0 Å². The van der Waals surface area contributed by atoms with Crippen LogP contribution in [0.25, 0.3) is 0 Å². The molecular formula is C11H16ClNO. The number of benzene rings is 1. The molecule has 0 radical (unpaired) electrons. The molecular weight excluding hydrogens is 198 g/mol. The smallest absolute Gasteiger partial charge is 0.0587 e. The molecule has 2 nitrogen and oxygen atoms in total. The van der Waals surface area contributed by atoms with Crippen LogP contribution >= 0.6 is 11.6 Å². The first kappa shape index (κ1) is 11.5. The summed E-state index contributed by atoms with van der Waals surface area (Å²) in [7, 11) is 1.70. The fraction of sp³-hybridized carbons (Fsp3) is 0.455. The average Bonchev–Trinajstić information content (AvgIpc) is 2.18. The molecule has 1 aromatic carbocycles. The van der Waals surface area contributed by atoms with Gasteiger partial charge in [0.1, 0.15) is 0 Å². The van der Waals surface area contributed by atoms with Crippen molar-refractivity contribution in [3.63, 3.8) is 0 Å². The minimum Gasteiger partial charge on any atom is -0.383 e. The summed E-state index contributed by atoms with van der Waals surface area (Å²) in [5.41, 5.74) is 2.32. The van der Waals surface area contributed by atoms with Gasteiger partial charge in [-0.15, -0.1) is 0 Å². The summed E-state index contributed by atoms with van der Waals surface area (Å²) in [6, 6.07) is 6.12. The van der Waals surface area contributed by atoms with Gasteiger partial charge in [-0.05, 0) is 24.1 Å². The monoisotopic (exact) mass is 213 g/mol. The second kappa shape index (κ2) is 6.02. The first-order chi connectivity index (χ1) is 6.74. The Bertz CT molecular complexity index is 289. The van der Waals surface area contributed by atoms with Crippen LogP contribution in [0.3, 0.4) is 0 Å². The molecule has 1 aromatic rings. The van der Waals surface area contributed by atoms with E-state index in [9.17, 15) is 0 Å². The molecule has 0 saturated carbocycles. The highest BCUT2D eigenvalue weighted by Gasteiger charge is 1.97. The van der Waals surface area contributed by atoms with Crippen LogP contribution in [0.15, 0.2) is 18.2 Å². The van der Waals surface area contributed by atoms with E-state index in [1.165, 1.54) is 5.56 Å². The van der Waals surface area contributed by atoms with Crippen LogP contribution in [0.1, 0.15) is 11.1 Å². The molecule has 0 heterocycles. The van der Waals surface area contributed by atoms with Gasteiger partial charge in [-0.25, -0.2) is 0 Å². The van der Waals surface area contributed by atoms with Crippen molar-refractivity contribution in [2.45, 2.75) is 13.5 Å². The van der Waals surface area contributed by atoms with Crippen molar-refractivity contribution in [3.05, 3.63) is 34.3 Å². The van der Waals surface area contributed by atoms with Gasteiger partial charge in [0.15, 0.2) is 0 Å². The van der Waals surface area contributed by atoms with Crippen LogP contribution in [-0.4, -0.2) is 20.3 Å². The fourth-order valence-corrected chi connectivity index (χ4v) is 1.36. The zero-order valence-electron chi connectivity index (χ0n) is 8.64. The molecule has 0 aliphatic heterocycles. The van der Waals surface area contributed by atoms with Crippen LogP contribution in [-0.2, 0) is 11.3 Å². The lowest BCUT2D eigenvalue weighted by molar-refractivity contribution is 0.199. The van der Waals surface area contributed by atoms with Crippen LogP contribution in [0.5, 0.6) is 0 Å². The summed E-state index contributed by atoms with van der Waals surface area (Å²) in [5.74, 6) is 0. The molecule has 0 spiro atoms. The van der Waals surface area contributed by atoms with Gasteiger partial charge in [0, 0.05) is 25.2 Å². The molecule has 0 saturated heterocycles. The molecule has 0 aromatic heterocycles. The van der Waals surface area contributed by atoms with E-state index in [0.29, 0.717) is 0 Å². The number of hydrogen-bond acceptors (Lipinski definition) is 2. The number of nitrogens with one attached hydrogen (secondary N) is 1. The van der Waals surface area contributed by atoms with Crippen molar-refractivity contribution >= 4 is 11.6 Å². The third kappa shape index (κ3) is 3.66. The summed E-state index contributed by atoms with van der Waals surface area (Å²) in [6.07, 6.45) is 0. The van der Waals surface area contributed by atoms with E-state index >= 15 is 0 Å². The zero-order valence-corrected chi connectivity index (χ0v) is 9.40. The van der Waals surface area contributed by atoms with Gasteiger partial charge in [-0.3, -0.25) is 0 Å². The number of rotatable bonds is 5.